The first kappa shape index (κ1) is 14.4. The van der Waals surface area contributed by atoms with Crippen molar-refractivity contribution in [2.75, 3.05) is 11.9 Å². The largest absolute Gasteiger partial charge is 0.494 e. The average Bonchev–Trinajstić information content (AvgIpc) is 2.38. The monoisotopic (exact) mass is 273 g/mol. The van der Waals surface area contributed by atoms with E-state index in [4.69, 9.17) is 4.74 Å². The first-order valence-electron chi connectivity index (χ1n) is 6.85. The van der Waals surface area contributed by atoms with Crippen LogP contribution < -0.4 is 10.1 Å². The molecule has 0 heterocycles. The zero-order chi connectivity index (χ0) is 14.5. The molecule has 0 aromatic heterocycles. The molecule has 0 saturated carbocycles. The molecule has 2 aromatic rings. The molecule has 0 amide bonds. The lowest BCUT2D eigenvalue weighted by molar-refractivity contribution is 0.340. The minimum Gasteiger partial charge on any atom is -0.494 e. The van der Waals surface area contributed by atoms with Crippen LogP contribution >= 0.6 is 0 Å². The third-order valence-electron chi connectivity index (χ3n) is 3.12. The maximum atomic E-state index is 13.4. The van der Waals surface area contributed by atoms with Crippen molar-refractivity contribution < 1.29 is 9.13 Å². The molecule has 20 heavy (non-hydrogen) atoms. The first-order valence-corrected chi connectivity index (χ1v) is 6.85. The van der Waals surface area contributed by atoms with Crippen LogP contribution in [-0.4, -0.2) is 6.61 Å². The van der Waals surface area contributed by atoms with Gasteiger partial charge in [-0.25, -0.2) is 4.39 Å². The zero-order valence-electron chi connectivity index (χ0n) is 12.1. The van der Waals surface area contributed by atoms with Crippen molar-refractivity contribution in [2.24, 2.45) is 0 Å². The molecule has 0 fully saturated rings. The number of benzene rings is 2. The third kappa shape index (κ3) is 3.73. The Morgan fingerprint density at radius 2 is 1.85 bits per heavy atom. The smallest absolute Gasteiger partial charge is 0.125 e. The number of ether oxygens (including phenoxy) is 1. The van der Waals surface area contributed by atoms with Crippen molar-refractivity contribution in [1.29, 1.82) is 0 Å². The van der Waals surface area contributed by atoms with E-state index in [1.54, 1.807) is 0 Å². The summed E-state index contributed by atoms with van der Waals surface area (Å²) in [5.74, 6) is 0.649. The molecule has 2 nitrogen and oxygen atoms in total. The molecule has 0 bridgehead atoms. The molecular formula is C17H20FNO. The number of halogens is 1. The Balaban J connectivity index is 2.08. The summed E-state index contributed by atoms with van der Waals surface area (Å²) in [4.78, 5) is 0. The maximum Gasteiger partial charge on any atom is 0.125 e. The lowest BCUT2D eigenvalue weighted by Gasteiger charge is -2.16. The van der Waals surface area contributed by atoms with E-state index in [-0.39, 0.29) is 11.9 Å². The third-order valence-corrected chi connectivity index (χ3v) is 3.12. The van der Waals surface area contributed by atoms with Gasteiger partial charge in [-0.15, -0.1) is 0 Å². The van der Waals surface area contributed by atoms with Gasteiger partial charge in [-0.2, -0.15) is 0 Å². The molecule has 2 aromatic carbocycles. The first-order chi connectivity index (χ1) is 9.58. The molecule has 0 aliphatic heterocycles. The van der Waals surface area contributed by atoms with Crippen molar-refractivity contribution >= 4 is 5.69 Å². The summed E-state index contributed by atoms with van der Waals surface area (Å²) in [5, 5.41) is 3.31. The standard InChI is InChI=1S/C17H20FNO/c1-4-20-17-7-5-14(6-8-17)13(3)19-16-10-12(2)9-15(18)11-16/h5-11,13,19H,4H2,1-3H3. The number of aryl methyl sites for hydroxylation is 1. The van der Waals surface area contributed by atoms with E-state index >= 15 is 0 Å². The van der Waals surface area contributed by atoms with Crippen LogP contribution in [0.2, 0.25) is 0 Å². The number of nitrogens with one attached hydrogen (secondary N) is 1. The second-order valence-corrected chi connectivity index (χ2v) is 4.89. The predicted octanol–water partition coefficient (Wildman–Crippen LogP) is 4.71. The van der Waals surface area contributed by atoms with Crippen molar-refractivity contribution in [3.63, 3.8) is 0 Å². The summed E-state index contributed by atoms with van der Waals surface area (Å²) < 4.78 is 18.8. The van der Waals surface area contributed by atoms with Gasteiger partial charge in [0.05, 0.1) is 6.61 Å². The predicted molar refractivity (Wildman–Crippen MR) is 80.8 cm³/mol. The van der Waals surface area contributed by atoms with Crippen LogP contribution in [0.4, 0.5) is 10.1 Å². The Morgan fingerprint density at radius 3 is 2.45 bits per heavy atom. The quantitative estimate of drug-likeness (QED) is 0.852. The fourth-order valence-corrected chi connectivity index (χ4v) is 2.17. The Labute approximate surface area is 119 Å². The van der Waals surface area contributed by atoms with Gasteiger partial charge in [0, 0.05) is 11.7 Å². The normalized spacial score (nSPS) is 12.0. The molecule has 0 radical (unpaired) electrons. The van der Waals surface area contributed by atoms with Crippen LogP contribution in [0.5, 0.6) is 5.75 Å². The lowest BCUT2D eigenvalue weighted by atomic mass is 10.1. The molecule has 1 N–H and O–H groups in total. The van der Waals surface area contributed by atoms with Gasteiger partial charge in [0.1, 0.15) is 11.6 Å². The second-order valence-electron chi connectivity index (χ2n) is 4.89. The van der Waals surface area contributed by atoms with Gasteiger partial charge in [0.15, 0.2) is 0 Å². The van der Waals surface area contributed by atoms with Crippen LogP contribution in [0.1, 0.15) is 31.0 Å². The molecule has 106 valence electrons. The fourth-order valence-electron chi connectivity index (χ4n) is 2.17. The van der Waals surface area contributed by atoms with Crippen LogP contribution in [0.15, 0.2) is 42.5 Å². The molecule has 2 rings (SSSR count). The van der Waals surface area contributed by atoms with Gasteiger partial charge in [0.25, 0.3) is 0 Å². The van der Waals surface area contributed by atoms with Gasteiger partial charge in [-0.3, -0.25) is 0 Å². The molecule has 1 atom stereocenters. The highest BCUT2D eigenvalue weighted by Crippen LogP contribution is 2.23. The Hall–Kier alpha value is -2.03. The molecular weight excluding hydrogens is 253 g/mol. The van der Waals surface area contributed by atoms with Crippen molar-refractivity contribution in [3.05, 3.63) is 59.4 Å². The van der Waals surface area contributed by atoms with Crippen molar-refractivity contribution in [3.8, 4) is 5.75 Å². The number of hydrogen-bond donors (Lipinski definition) is 1. The fraction of sp³-hybridized carbons (Fsp3) is 0.294. The summed E-state index contributed by atoms with van der Waals surface area (Å²) in [6.07, 6.45) is 0. The summed E-state index contributed by atoms with van der Waals surface area (Å²) in [6.45, 7) is 6.56. The topological polar surface area (TPSA) is 21.3 Å². The minimum absolute atomic E-state index is 0.104. The Kier molecular flexibility index (Phi) is 4.61. The van der Waals surface area contributed by atoms with Crippen molar-refractivity contribution in [1.82, 2.24) is 0 Å². The second kappa shape index (κ2) is 6.42. The van der Waals surface area contributed by atoms with E-state index in [1.807, 2.05) is 44.2 Å². The maximum absolute atomic E-state index is 13.4. The van der Waals surface area contributed by atoms with Crippen molar-refractivity contribution in [2.45, 2.75) is 26.8 Å². The van der Waals surface area contributed by atoms with E-state index in [2.05, 4.69) is 12.2 Å². The summed E-state index contributed by atoms with van der Waals surface area (Å²) in [5.41, 5.74) is 2.84. The lowest BCUT2D eigenvalue weighted by Crippen LogP contribution is -2.07. The van der Waals surface area contributed by atoms with E-state index in [0.717, 1.165) is 22.6 Å². The summed E-state index contributed by atoms with van der Waals surface area (Å²) >= 11 is 0. The van der Waals surface area contributed by atoms with E-state index < -0.39 is 0 Å². The summed E-state index contributed by atoms with van der Waals surface area (Å²) in [6, 6.07) is 13.0. The average molecular weight is 273 g/mol. The SMILES string of the molecule is CCOc1ccc(C(C)Nc2cc(C)cc(F)c2)cc1. The highest BCUT2D eigenvalue weighted by atomic mass is 19.1. The van der Waals surface area contributed by atoms with E-state index in [9.17, 15) is 4.39 Å². The van der Waals surface area contributed by atoms with Gasteiger partial charge >= 0.3 is 0 Å². The van der Waals surface area contributed by atoms with Crippen LogP contribution in [0, 0.1) is 12.7 Å². The highest BCUT2D eigenvalue weighted by molar-refractivity contribution is 5.48. The molecule has 0 spiro atoms. The Morgan fingerprint density at radius 1 is 1.15 bits per heavy atom. The number of rotatable bonds is 5. The zero-order valence-corrected chi connectivity index (χ0v) is 12.1. The Bertz CT molecular complexity index is 545. The summed E-state index contributed by atoms with van der Waals surface area (Å²) in [7, 11) is 0. The van der Waals surface area contributed by atoms with E-state index in [1.165, 1.54) is 12.1 Å². The van der Waals surface area contributed by atoms with E-state index in [0.29, 0.717) is 6.61 Å². The van der Waals surface area contributed by atoms with Crippen LogP contribution in [0.25, 0.3) is 0 Å². The number of anilines is 1. The molecule has 0 aliphatic carbocycles. The molecule has 0 saturated heterocycles. The molecule has 0 aliphatic rings. The van der Waals surface area contributed by atoms with Gasteiger partial charge < -0.3 is 10.1 Å². The van der Waals surface area contributed by atoms with Gasteiger partial charge in [-0.1, -0.05) is 12.1 Å². The van der Waals surface area contributed by atoms with Crippen LogP contribution in [0.3, 0.4) is 0 Å². The van der Waals surface area contributed by atoms with Gasteiger partial charge in [0.2, 0.25) is 0 Å². The highest BCUT2D eigenvalue weighted by Gasteiger charge is 2.06. The van der Waals surface area contributed by atoms with Crippen LogP contribution in [-0.2, 0) is 0 Å². The minimum atomic E-state index is -0.216. The molecule has 1 unspecified atom stereocenters. The molecule has 3 heteroatoms. The van der Waals surface area contributed by atoms with Gasteiger partial charge in [-0.05, 0) is 62.2 Å². The number of hydrogen-bond acceptors (Lipinski definition) is 2.